The van der Waals surface area contributed by atoms with Gasteiger partial charge in [0.05, 0.1) is 16.5 Å². The normalized spacial score (nSPS) is 13.1. The molecule has 0 fully saturated rings. The summed E-state index contributed by atoms with van der Waals surface area (Å²) >= 11 is 0. The maximum atomic E-state index is 7.40. The molecule has 4 aliphatic carbocycles. The van der Waals surface area contributed by atoms with Crippen LogP contribution in [0.1, 0.15) is 44.5 Å². The van der Waals surface area contributed by atoms with Crippen LogP contribution in [0.4, 0.5) is 34.1 Å². The van der Waals surface area contributed by atoms with Gasteiger partial charge in [0.1, 0.15) is 27.9 Å². The molecule has 0 atom stereocenters. The average Bonchev–Trinajstić information content (AvgIpc) is 1.50. The molecule has 0 amide bonds. The molecular formula is C128H78N2O3. The topological polar surface area (TPSA) is 45.9 Å². The summed E-state index contributed by atoms with van der Waals surface area (Å²) in [6, 6.07) is 174. The quantitative estimate of drug-likeness (QED) is 0.115. The summed E-state index contributed by atoms with van der Waals surface area (Å²) < 4.78 is 22.1. The molecule has 0 radical (unpaired) electrons. The van der Waals surface area contributed by atoms with Crippen molar-refractivity contribution >= 4 is 99.9 Å². The number of fused-ring (bicyclic) bond motifs is 31. The van der Waals surface area contributed by atoms with E-state index in [1.807, 2.05) is 0 Å². The summed E-state index contributed by atoms with van der Waals surface area (Å²) in [4.78, 5) is 4.78. The Morgan fingerprint density at radius 3 is 0.925 bits per heavy atom. The second-order valence-corrected chi connectivity index (χ2v) is 35.8. The molecule has 133 heavy (non-hydrogen) atoms. The van der Waals surface area contributed by atoms with Gasteiger partial charge in [0, 0.05) is 71.9 Å². The third-order valence-corrected chi connectivity index (χ3v) is 29.1. The van der Waals surface area contributed by atoms with Gasteiger partial charge in [-0.25, -0.2) is 0 Å². The molecule has 0 bridgehead atoms. The first-order chi connectivity index (χ1) is 65.9. The van der Waals surface area contributed by atoms with E-state index in [0.29, 0.717) is 0 Å². The molecule has 0 unspecified atom stereocenters. The van der Waals surface area contributed by atoms with Gasteiger partial charge in [-0.2, -0.15) is 0 Å². The second kappa shape index (κ2) is 29.1. The highest BCUT2D eigenvalue weighted by Crippen LogP contribution is 2.67. The van der Waals surface area contributed by atoms with E-state index in [4.69, 9.17) is 13.3 Å². The Morgan fingerprint density at radius 2 is 0.466 bits per heavy atom. The van der Waals surface area contributed by atoms with E-state index in [0.717, 1.165) is 172 Å². The lowest BCUT2D eigenvalue weighted by molar-refractivity contribution is 0.669. The lowest BCUT2D eigenvalue weighted by Crippen LogP contribution is -2.25. The highest BCUT2D eigenvalue weighted by molar-refractivity contribution is 6.21. The molecule has 618 valence electrons. The first-order valence-corrected chi connectivity index (χ1v) is 45.9. The van der Waals surface area contributed by atoms with Crippen LogP contribution in [0.25, 0.3) is 188 Å². The van der Waals surface area contributed by atoms with Crippen molar-refractivity contribution in [1.29, 1.82) is 0 Å². The van der Waals surface area contributed by atoms with Crippen LogP contribution in [0.5, 0.6) is 0 Å². The summed E-state index contributed by atoms with van der Waals surface area (Å²) in [5.74, 6) is 0. The van der Waals surface area contributed by atoms with Gasteiger partial charge >= 0.3 is 0 Å². The van der Waals surface area contributed by atoms with E-state index in [9.17, 15) is 0 Å². The Hall–Kier alpha value is -17.4. The zero-order chi connectivity index (χ0) is 87.1. The third-order valence-electron chi connectivity index (χ3n) is 29.1. The Bertz CT molecular complexity index is 8840. The Kier molecular flexibility index (Phi) is 16.3. The third kappa shape index (κ3) is 11.0. The predicted molar refractivity (Wildman–Crippen MR) is 548 cm³/mol. The monoisotopic (exact) mass is 1690 g/mol. The van der Waals surface area contributed by atoms with Crippen molar-refractivity contribution in [2.24, 2.45) is 0 Å². The highest BCUT2D eigenvalue weighted by Gasteiger charge is 2.54. The minimum absolute atomic E-state index is 0.498. The van der Waals surface area contributed by atoms with Crippen molar-refractivity contribution in [2.45, 2.75) is 10.8 Å². The van der Waals surface area contributed by atoms with Crippen molar-refractivity contribution in [1.82, 2.24) is 0 Å². The summed E-state index contributed by atoms with van der Waals surface area (Å²) in [6.45, 7) is 0. The number of para-hydroxylation sites is 4. The summed E-state index contributed by atoms with van der Waals surface area (Å²) in [5, 5.41) is 6.44. The van der Waals surface area contributed by atoms with E-state index in [1.165, 1.54) is 94.6 Å². The molecule has 5 nitrogen and oxygen atoms in total. The fourth-order valence-corrected chi connectivity index (χ4v) is 23.5. The van der Waals surface area contributed by atoms with E-state index >= 15 is 0 Å². The number of hydrogen-bond donors (Lipinski definition) is 0. The number of anilines is 6. The molecule has 21 aromatic carbocycles. The van der Waals surface area contributed by atoms with Crippen LogP contribution >= 0.6 is 0 Å². The van der Waals surface area contributed by atoms with Crippen LogP contribution in [0, 0.1) is 0 Å². The highest BCUT2D eigenvalue weighted by atomic mass is 16.3. The minimum atomic E-state index is -0.499. The summed E-state index contributed by atoms with van der Waals surface area (Å²) in [5.41, 5.74) is 45.5. The SMILES string of the molecule is c1ccc(-c2ccc(N(c3ccccc3)c3cc(-c4ccc(-c5ccc6oc7c(N(c8ccc(-c9ccccc9)cc8)c8cc(-c9ccccc9)cc(-c9cccc%10c9oc9ccc%11c(c9%10)-c9ccccc9C%119c%10ccccc%10-c%10ccccc%109)c8)cccc7c6c5)cc4)cc(-c4cccc5c4oc4ccc6c(c45)-c4ccccc4C64c5ccccc5-c5ccccc54)c3)cc2)cc1. The summed E-state index contributed by atoms with van der Waals surface area (Å²) in [7, 11) is 0. The Morgan fingerprint density at radius 1 is 0.158 bits per heavy atom. The van der Waals surface area contributed by atoms with Gasteiger partial charge in [-0.05, 0) is 259 Å². The molecule has 3 aromatic heterocycles. The zero-order valence-corrected chi connectivity index (χ0v) is 72.2. The van der Waals surface area contributed by atoms with Crippen molar-refractivity contribution < 1.29 is 13.3 Å². The molecule has 24 aromatic rings. The van der Waals surface area contributed by atoms with Gasteiger partial charge in [-0.1, -0.05) is 370 Å². The zero-order valence-electron chi connectivity index (χ0n) is 72.2. The number of nitrogens with zero attached hydrogens (tertiary/aromatic N) is 2. The first-order valence-electron chi connectivity index (χ1n) is 45.9. The van der Waals surface area contributed by atoms with E-state index in [2.05, 4.69) is 483 Å². The molecule has 0 saturated carbocycles. The number of hydrogen-bond acceptors (Lipinski definition) is 5. The van der Waals surface area contributed by atoms with Gasteiger partial charge in [-0.3, -0.25) is 0 Å². The van der Waals surface area contributed by atoms with E-state index in [-0.39, 0.29) is 0 Å². The number of furan rings is 3. The molecule has 3 heterocycles. The molecule has 5 heteroatoms. The van der Waals surface area contributed by atoms with Crippen LogP contribution in [0.2, 0.25) is 0 Å². The number of rotatable bonds is 13. The average molecular weight is 1690 g/mol. The molecule has 2 spiro atoms. The fraction of sp³-hybridized carbons (Fsp3) is 0.0156. The van der Waals surface area contributed by atoms with E-state index in [1.54, 1.807) is 0 Å². The lowest BCUT2D eigenvalue weighted by atomic mass is 9.70. The first kappa shape index (κ1) is 74.7. The maximum absolute atomic E-state index is 7.40. The molecule has 28 rings (SSSR count). The fourth-order valence-electron chi connectivity index (χ4n) is 23.5. The van der Waals surface area contributed by atoms with Crippen LogP contribution in [0.15, 0.2) is 486 Å². The van der Waals surface area contributed by atoms with Gasteiger partial charge < -0.3 is 23.1 Å². The van der Waals surface area contributed by atoms with Gasteiger partial charge in [-0.15, -0.1) is 0 Å². The van der Waals surface area contributed by atoms with Crippen LogP contribution < -0.4 is 9.80 Å². The van der Waals surface area contributed by atoms with Crippen molar-refractivity contribution in [2.75, 3.05) is 9.80 Å². The minimum Gasteiger partial charge on any atom is -0.455 e. The van der Waals surface area contributed by atoms with Crippen molar-refractivity contribution in [3.63, 3.8) is 0 Å². The molecular weight excluding hydrogens is 1610 g/mol. The van der Waals surface area contributed by atoms with Gasteiger partial charge in [0.2, 0.25) is 0 Å². The van der Waals surface area contributed by atoms with Gasteiger partial charge in [0.25, 0.3) is 0 Å². The second-order valence-electron chi connectivity index (χ2n) is 35.8. The summed E-state index contributed by atoms with van der Waals surface area (Å²) in [6.07, 6.45) is 0. The van der Waals surface area contributed by atoms with Gasteiger partial charge in [0.15, 0.2) is 5.58 Å². The Labute approximate surface area is 768 Å². The van der Waals surface area contributed by atoms with Crippen molar-refractivity contribution in [3.8, 4) is 122 Å². The van der Waals surface area contributed by atoms with E-state index < -0.39 is 10.8 Å². The van der Waals surface area contributed by atoms with Crippen LogP contribution in [-0.4, -0.2) is 0 Å². The van der Waals surface area contributed by atoms with Crippen molar-refractivity contribution in [3.05, 3.63) is 518 Å². The van der Waals surface area contributed by atoms with Crippen LogP contribution in [0.3, 0.4) is 0 Å². The van der Waals surface area contributed by atoms with Crippen LogP contribution in [-0.2, 0) is 10.8 Å². The maximum Gasteiger partial charge on any atom is 0.159 e. The smallest absolute Gasteiger partial charge is 0.159 e. The Balaban J connectivity index is 0.580. The number of benzene rings is 21. The predicted octanol–water partition coefficient (Wildman–Crippen LogP) is 34.7. The molecule has 0 saturated heterocycles. The largest absolute Gasteiger partial charge is 0.455 e. The standard InChI is InChI=1S/C128H78N2O3/c1-5-28-79(29-6-1)82-58-63-92(64-59-82)129(91-34-11-4-12-35-91)94-74-88(73-89(76-94)96-42-25-45-105-122-118(132-124(96)105)70-67-114-120(122)103-40-17-23-51-112(103)127(114)108-47-19-13-36-98(108)99-37-14-20-48-109(99)127)85-56-54-84(55-57-85)86-62-69-117-107(78-86)102-44-27-53-116(126(102)131-117)130(93-65-60-83(61-66-93)80-30-7-2-8-31-80)95-75-87(81-32-9-3-10-33-81)72-90(77-95)97-43-26-46-106-123-119(133-125(97)106)71-68-115-121(123)104-41-18-24-52-113(104)128(115)110-49-21-15-38-100(110)101-39-16-22-50-111(101)128/h1-78H. The molecule has 4 aliphatic rings. The molecule has 0 aliphatic heterocycles. The molecule has 0 N–H and O–H groups in total. The lowest BCUT2D eigenvalue weighted by Gasteiger charge is -2.30.